The first-order chi connectivity index (χ1) is 8.83. The van der Waals surface area contributed by atoms with Gasteiger partial charge < -0.3 is 10.2 Å². The summed E-state index contributed by atoms with van der Waals surface area (Å²) in [6, 6.07) is 8.76. The van der Waals surface area contributed by atoms with Gasteiger partial charge in [0.1, 0.15) is 5.01 Å². The highest BCUT2D eigenvalue weighted by Crippen LogP contribution is 2.26. The molecule has 1 fully saturated rings. The van der Waals surface area contributed by atoms with E-state index in [0.717, 1.165) is 36.9 Å². The van der Waals surface area contributed by atoms with Crippen molar-refractivity contribution in [1.82, 2.24) is 10.3 Å². The molecule has 0 aliphatic carbocycles. The largest absolute Gasteiger partial charge is 0.369 e. The van der Waals surface area contributed by atoms with Gasteiger partial charge >= 0.3 is 0 Å². The molecule has 94 valence electrons. The normalized spacial score (nSPS) is 15.9. The molecule has 1 aliphatic rings. The van der Waals surface area contributed by atoms with Gasteiger partial charge in [-0.3, -0.25) is 0 Å². The Kier molecular flexibility index (Phi) is 3.30. The van der Waals surface area contributed by atoms with Gasteiger partial charge in [0.15, 0.2) is 0 Å². The summed E-state index contributed by atoms with van der Waals surface area (Å²) in [6.45, 7) is 6.38. The van der Waals surface area contributed by atoms with E-state index in [-0.39, 0.29) is 0 Å². The van der Waals surface area contributed by atoms with Crippen LogP contribution in [0.2, 0.25) is 0 Å². The zero-order chi connectivity index (χ0) is 12.4. The molecule has 1 aromatic carbocycles. The lowest BCUT2D eigenvalue weighted by Gasteiger charge is -2.29. The van der Waals surface area contributed by atoms with Crippen molar-refractivity contribution in [1.29, 1.82) is 0 Å². The Morgan fingerprint density at radius 1 is 1.17 bits per heavy atom. The maximum Gasteiger partial charge on any atom is 0.123 e. The Labute approximate surface area is 111 Å². The molecule has 0 radical (unpaired) electrons. The van der Waals surface area contributed by atoms with E-state index < -0.39 is 0 Å². The molecule has 18 heavy (non-hydrogen) atoms. The molecule has 0 unspecified atom stereocenters. The second-order valence-electron chi connectivity index (χ2n) is 4.58. The molecule has 0 spiro atoms. The van der Waals surface area contributed by atoms with Gasteiger partial charge in [0, 0.05) is 48.5 Å². The summed E-state index contributed by atoms with van der Waals surface area (Å²) in [4.78, 5) is 6.94. The van der Waals surface area contributed by atoms with Crippen LogP contribution in [-0.4, -0.2) is 31.2 Å². The van der Waals surface area contributed by atoms with Crippen LogP contribution in [0.1, 0.15) is 5.69 Å². The first-order valence-corrected chi connectivity index (χ1v) is 7.19. The molecule has 0 amide bonds. The van der Waals surface area contributed by atoms with Crippen molar-refractivity contribution >= 4 is 17.0 Å². The topological polar surface area (TPSA) is 28.2 Å². The first kappa shape index (κ1) is 11.7. The van der Waals surface area contributed by atoms with Gasteiger partial charge in [-0.15, -0.1) is 11.3 Å². The molecule has 0 atom stereocenters. The summed E-state index contributed by atoms with van der Waals surface area (Å²) in [7, 11) is 0. The third-order valence-corrected chi connectivity index (χ3v) is 4.22. The van der Waals surface area contributed by atoms with Crippen molar-refractivity contribution < 1.29 is 0 Å². The fourth-order valence-corrected chi connectivity index (χ4v) is 3.03. The number of nitrogens with zero attached hydrogens (tertiary/aromatic N) is 2. The Morgan fingerprint density at radius 3 is 2.50 bits per heavy atom. The van der Waals surface area contributed by atoms with E-state index in [1.165, 1.54) is 11.3 Å². The van der Waals surface area contributed by atoms with Gasteiger partial charge in [0.05, 0.1) is 0 Å². The van der Waals surface area contributed by atoms with Gasteiger partial charge in [0.25, 0.3) is 0 Å². The summed E-state index contributed by atoms with van der Waals surface area (Å²) in [5.74, 6) is 0. The van der Waals surface area contributed by atoms with Crippen LogP contribution >= 0.6 is 11.3 Å². The zero-order valence-corrected chi connectivity index (χ0v) is 11.3. The van der Waals surface area contributed by atoms with Crippen LogP contribution < -0.4 is 10.2 Å². The Morgan fingerprint density at radius 2 is 1.89 bits per heavy atom. The Balaban J connectivity index is 1.80. The van der Waals surface area contributed by atoms with Gasteiger partial charge in [-0.25, -0.2) is 4.98 Å². The first-order valence-electron chi connectivity index (χ1n) is 6.31. The highest BCUT2D eigenvalue weighted by molar-refractivity contribution is 7.13. The number of rotatable bonds is 2. The highest BCUT2D eigenvalue weighted by Gasteiger charge is 2.10. The number of nitrogens with one attached hydrogen (secondary N) is 1. The summed E-state index contributed by atoms with van der Waals surface area (Å²) < 4.78 is 0. The van der Waals surface area contributed by atoms with Crippen LogP contribution in [0.25, 0.3) is 10.6 Å². The van der Waals surface area contributed by atoms with Crippen LogP contribution in [0.3, 0.4) is 0 Å². The van der Waals surface area contributed by atoms with E-state index >= 15 is 0 Å². The highest BCUT2D eigenvalue weighted by atomic mass is 32.1. The molecule has 0 saturated carbocycles. The molecule has 3 nitrogen and oxygen atoms in total. The fraction of sp³-hybridized carbons (Fsp3) is 0.357. The average Bonchev–Trinajstić information content (AvgIpc) is 2.87. The zero-order valence-electron chi connectivity index (χ0n) is 10.5. The molecule has 1 N–H and O–H groups in total. The van der Waals surface area contributed by atoms with Crippen LogP contribution in [0.15, 0.2) is 29.6 Å². The quantitative estimate of drug-likeness (QED) is 0.898. The average molecular weight is 259 g/mol. The maximum absolute atomic E-state index is 4.52. The van der Waals surface area contributed by atoms with Crippen LogP contribution in [-0.2, 0) is 0 Å². The minimum absolute atomic E-state index is 1.08. The lowest BCUT2D eigenvalue weighted by atomic mass is 10.2. The number of hydrogen-bond acceptors (Lipinski definition) is 4. The molecule has 1 aromatic heterocycles. The molecule has 4 heteroatoms. The Hall–Kier alpha value is -1.39. The van der Waals surface area contributed by atoms with E-state index in [2.05, 4.69) is 44.8 Å². The second-order valence-corrected chi connectivity index (χ2v) is 5.44. The predicted molar refractivity (Wildman–Crippen MR) is 77.4 cm³/mol. The smallest absolute Gasteiger partial charge is 0.123 e. The van der Waals surface area contributed by atoms with Crippen LogP contribution in [0.4, 0.5) is 5.69 Å². The van der Waals surface area contributed by atoms with Crippen LogP contribution in [0, 0.1) is 6.92 Å². The summed E-state index contributed by atoms with van der Waals surface area (Å²) in [6.07, 6.45) is 0. The van der Waals surface area contributed by atoms with Crippen molar-refractivity contribution in [3.8, 4) is 10.6 Å². The minimum Gasteiger partial charge on any atom is -0.369 e. The fourth-order valence-electron chi connectivity index (χ4n) is 2.22. The van der Waals surface area contributed by atoms with E-state index in [4.69, 9.17) is 0 Å². The summed E-state index contributed by atoms with van der Waals surface area (Å²) in [5.41, 5.74) is 3.63. The molecule has 2 heterocycles. The molecule has 2 aromatic rings. The number of anilines is 1. The predicted octanol–water partition coefficient (Wildman–Crippen LogP) is 2.53. The van der Waals surface area contributed by atoms with E-state index in [1.807, 2.05) is 6.92 Å². The number of aryl methyl sites for hydroxylation is 1. The number of benzene rings is 1. The van der Waals surface area contributed by atoms with Crippen molar-refractivity contribution in [2.24, 2.45) is 0 Å². The third kappa shape index (κ3) is 2.40. The standard InChI is InChI=1S/C14H17N3S/c1-11-10-18-14(16-11)12-2-4-13(5-3-12)17-8-6-15-7-9-17/h2-5,10,15H,6-9H2,1H3. The lowest BCUT2D eigenvalue weighted by Crippen LogP contribution is -2.43. The minimum atomic E-state index is 1.08. The summed E-state index contributed by atoms with van der Waals surface area (Å²) in [5, 5.41) is 6.58. The molecular formula is C14H17N3S. The van der Waals surface area contributed by atoms with Crippen molar-refractivity contribution in [2.45, 2.75) is 6.92 Å². The van der Waals surface area contributed by atoms with Crippen LogP contribution in [0.5, 0.6) is 0 Å². The molecule has 3 rings (SSSR count). The Bertz CT molecular complexity index is 512. The number of piperazine rings is 1. The van der Waals surface area contributed by atoms with Gasteiger partial charge in [0.2, 0.25) is 0 Å². The van der Waals surface area contributed by atoms with E-state index in [0.29, 0.717) is 0 Å². The molecule has 0 bridgehead atoms. The lowest BCUT2D eigenvalue weighted by molar-refractivity contribution is 0.589. The number of aromatic nitrogens is 1. The van der Waals surface area contributed by atoms with Gasteiger partial charge in [-0.05, 0) is 31.2 Å². The molecule has 1 aliphatic heterocycles. The molecule has 1 saturated heterocycles. The van der Waals surface area contributed by atoms with Gasteiger partial charge in [-0.1, -0.05) is 0 Å². The second kappa shape index (κ2) is 5.08. The van der Waals surface area contributed by atoms with E-state index in [9.17, 15) is 0 Å². The maximum atomic E-state index is 4.52. The van der Waals surface area contributed by atoms with Crippen molar-refractivity contribution in [3.63, 3.8) is 0 Å². The number of hydrogen-bond donors (Lipinski definition) is 1. The summed E-state index contributed by atoms with van der Waals surface area (Å²) >= 11 is 1.71. The number of thiazole rings is 1. The van der Waals surface area contributed by atoms with Gasteiger partial charge in [-0.2, -0.15) is 0 Å². The van der Waals surface area contributed by atoms with Crippen molar-refractivity contribution in [3.05, 3.63) is 35.3 Å². The van der Waals surface area contributed by atoms with Crippen molar-refractivity contribution in [2.75, 3.05) is 31.1 Å². The third-order valence-electron chi connectivity index (χ3n) is 3.22. The molecular weight excluding hydrogens is 242 g/mol. The SMILES string of the molecule is Cc1csc(-c2ccc(N3CCNCC3)cc2)n1. The monoisotopic (exact) mass is 259 g/mol. The van der Waals surface area contributed by atoms with E-state index in [1.54, 1.807) is 11.3 Å².